The molecular formula is C13H20O. The molecule has 0 aliphatic heterocycles. The quantitative estimate of drug-likeness (QED) is 0.780. The van der Waals surface area contributed by atoms with Gasteiger partial charge in [-0.3, -0.25) is 0 Å². The van der Waals surface area contributed by atoms with E-state index in [9.17, 15) is 0 Å². The second-order valence-electron chi connectivity index (χ2n) is 4.73. The Bertz CT molecular complexity index is 284. The highest BCUT2D eigenvalue weighted by molar-refractivity contribution is 5.32. The molecule has 1 N–H and O–H groups in total. The minimum absolute atomic E-state index is 0.200. The van der Waals surface area contributed by atoms with E-state index in [4.69, 9.17) is 5.11 Å². The molecule has 0 saturated heterocycles. The van der Waals surface area contributed by atoms with Gasteiger partial charge in [0.15, 0.2) is 0 Å². The molecule has 1 aromatic carbocycles. The van der Waals surface area contributed by atoms with Crippen molar-refractivity contribution in [1.82, 2.24) is 0 Å². The summed E-state index contributed by atoms with van der Waals surface area (Å²) in [7, 11) is 0. The van der Waals surface area contributed by atoms with Crippen molar-refractivity contribution in [2.75, 3.05) is 6.61 Å². The van der Waals surface area contributed by atoms with Crippen LogP contribution in [0.2, 0.25) is 0 Å². The first-order valence-corrected chi connectivity index (χ1v) is 5.25. The van der Waals surface area contributed by atoms with Gasteiger partial charge in [0.2, 0.25) is 0 Å². The average Bonchev–Trinajstić information content (AvgIpc) is 2.14. The summed E-state index contributed by atoms with van der Waals surface area (Å²) in [6, 6.07) is 8.51. The van der Waals surface area contributed by atoms with Crippen LogP contribution in [0.1, 0.15) is 38.3 Å². The summed E-state index contributed by atoms with van der Waals surface area (Å²) in [5.74, 6) is 0. The maximum Gasteiger partial charge on any atom is 0.0434 e. The maximum atomic E-state index is 8.82. The predicted molar refractivity (Wildman–Crippen MR) is 60.5 cm³/mol. The van der Waals surface area contributed by atoms with E-state index in [0.29, 0.717) is 0 Å². The highest BCUT2D eigenvalue weighted by Gasteiger charge is 2.16. The van der Waals surface area contributed by atoms with Gasteiger partial charge in [0.25, 0.3) is 0 Å². The van der Waals surface area contributed by atoms with Crippen molar-refractivity contribution in [3.05, 3.63) is 35.4 Å². The molecule has 0 saturated carbocycles. The molecule has 0 bridgehead atoms. The Morgan fingerprint density at radius 1 is 1.14 bits per heavy atom. The third kappa shape index (κ3) is 2.85. The minimum atomic E-state index is 0.200. The predicted octanol–water partition coefficient (Wildman–Crippen LogP) is 2.91. The third-order valence-electron chi connectivity index (χ3n) is 2.43. The fraction of sp³-hybridized carbons (Fsp3) is 0.538. The second kappa shape index (κ2) is 4.61. The molecule has 0 amide bonds. The largest absolute Gasteiger partial charge is 0.396 e. The summed E-state index contributed by atoms with van der Waals surface area (Å²) in [5, 5.41) is 8.82. The molecule has 0 aromatic heterocycles. The zero-order valence-corrected chi connectivity index (χ0v) is 9.38. The molecule has 0 aliphatic rings. The molecule has 0 atom stereocenters. The Morgan fingerprint density at radius 3 is 2.36 bits per heavy atom. The first kappa shape index (κ1) is 11.3. The van der Waals surface area contributed by atoms with Crippen molar-refractivity contribution in [3.8, 4) is 0 Å². The molecule has 0 radical (unpaired) electrons. The number of benzene rings is 1. The van der Waals surface area contributed by atoms with Crippen LogP contribution in [0.4, 0.5) is 0 Å². The Morgan fingerprint density at radius 2 is 1.79 bits per heavy atom. The van der Waals surface area contributed by atoms with Crippen LogP contribution in [0.5, 0.6) is 0 Å². The van der Waals surface area contributed by atoms with Crippen molar-refractivity contribution < 1.29 is 5.11 Å². The first-order valence-electron chi connectivity index (χ1n) is 5.25. The third-order valence-corrected chi connectivity index (χ3v) is 2.43. The van der Waals surface area contributed by atoms with Gasteiger partial charge < -0.3 is 5.11 Å². The SMILES string of the molecule is CC(C)(C)c1ccccc1CCCO. The van der Waals surface area contributed by atoms with Crippen molar-refractivity contribution >= 4 is 0 Å². The summed E-state index contributed by atoms with van der Waals surface area (Å²) in [6.07, 6.45) is 1.83. The second-order valence-corrected chi connectivity index (χ2v) is 4.73. The van der Waals surface area contributed by atoms with E-state index in [1.54, 1.807) is 0 Å². The van der Waals surface area contributed by atoms with E-state index in [2.05, 4.69) is 45.0 Å². The van der Waals surface area contributed by atoms with Gasteiger partial charge in [-0.2, -0.15) is 0 Å². The van der Waals surface area contributed by atoms with E-state index in [1.807, 2.05) is 0 Å². The van der Waals surface area contributed by atoms with E-state index in [0.717, 1.165) is 12.8 Å². The molecule has 0 fully saturated rings. The Hall–Kier alpha value is -0.820. The Kier molecular flexibility index (Phi) is 3.70. The van der Waals surface area contributed by atoms with Gasteiger partial charge in [-0.25, -0.2) is 0 Å². The van der Waals surface area contributed by atoms with Crippen LogP contribution >= 0.6 is 0 Å². The molecule has 0 aliphatic carbocycles. The van der Waals surface area contributed by atoms with E-state index in [-0.39, 0.29) is 12.0 Å². The number of aliphatic hydroxyl groups excluding tert-OH is 1. The number of aliphatic hydroxyl groups is 1. The van der Waals surface area contributed by atoms with Crippen molar-refractivity contribution in [1.29, 1.82) is 0 Å². The molecule has 1 nitrogen and oxygen atoms in total. The number of aryl methyl sites for hydroxylation is 1. The highest BCUT2D eigenvalue weighted by atomic mass is 16.2. The Balaban J connectivity index is 2.92. The van der Waals surface area contributed by atoms with Crippen LogP contribution in [0.15, 0.2) is 24.3 Å². The smallest absolute Gasteiger partial charge is 0.0434 e. The summed E-state index contributed by atoms with van der Waals surface area (Å²) < 4.78 is 0. The number of hydrogen-bond acceptors (Lipinski definition) is 1. The Labute approximate surface area is 86.8 Å². The summed E-state index contributed by atoms with van der Waals surface area (Å²) in [4.78, 5) is 0. The van der Waals surface area contributed by atoms with Gasteiger partial charge in [0.05, 0.1) is 0 Å². The topological polar surface area (TPSA) is 20.2 Å². The normalized spacial score (nSPS) is 11.7. The summed E-state index contributed by atoms with van der Waals surface area (Å²) in [5.41, 5.74) is 2.97. The van der Waals surface area contributed by atoms with Gasteiger partial charge in [0, 0.05) is 6.61 Å². The molecular weight excluding hydrogens is 172 g/mol. The van der Waals surface area contributed by atoms with Crippen molar-refractivity contribution in [2.45, 2.75) is 39.0 Å². The molecule has 1 aromatic rings. The lowest BCUT2D eigenvalue weighted by Gasteiger charge is -2.22. The van der Waals surface area contributed by atoms with E-state index in [1.165, 1.54) is 11.1 Å². The lowest BCUT2D eigenvalue weighted by Crippen LogP contribution is -2.14. The minimum Gasteiger partial charge on any atom is -0.396 e. The molecule has 1 rings (SSSR count). The molecule has 78 valence electrons. The van der Waals surface area contributed by atoms with Crippen LogP contribution < -0.4 is 0 Å². The lowest BCUT2D eigenvalue weighted by molar-refractivity contribution is 0.288. The fourth-order valence-corrected chi connectivity index (χ4v) is 1.74. The van der Waals surface area contributed by atoms with E-state index >= 15 is 0 Å². The monoisotopic (exact) mass is 192 g/mol. The maximum absolute atomic E-state index is 8.82. The van der Waals surface area contributed by atoms with Gasteiger partial charge in [-0.1, -0.05) is 45.0 Å². The van der Waals surface area contributed by atoms with Gasteiger partial charge in [-0.05, 0) is 29.4 Å². The summed E-state index contributed by atoms with van der Waals surface area (Å²) >= 11 is 0. The molecule has 0 heterocycles. The number of rotatable bonds is 3. The van der Waals surface area contributed by atoms with Crippen LogP contribution in [-0.2, 0) is 11.8 Å². The zero-order chi connectivity index (χ0) is 10.6. The van der Waals surface area contributed by atoms with E-state index < -0.39 is 0 Å². The summed E-state index contributed by atoms with van der Waals surface area (Å²) in [6.45, 7) is 6.96. The van der Waals surface area contributed by atoms with Crippen molar-refractivity contribution in [3.63, 3.8) is 0 Å². The molecule has 1 heteroatoms. The van der Waals surface area contributed by atoms with Crippen LogP contribution in [0.25, 0.3) is 0 Å². The van der Waals surface area contributed by atoms with Gasteiger partial charge in [-0.15, -0.1) is 0 Å². The lowest BCUT2D eigenvalue weighted by atomic mass is 9.83. The van der Waals surface area contributed by atoms with Crippen LogP contribution in [0.3, 0.4) is 0 Å². The van der Waals surface area contributed by atoms with Crippen LogP contribution in [0, 0.1) is 0 Å². The zero-order valence-electron chi connectivity index (χ0n) is 9.38. The molecule has 0 unspecified atom stereocenters. The number of hydrogen-bond donors (Lipinski definition) is 1. The molecule has 0 spiro atoms. The first-order chi connectivity index (χ1) is 6.55. The molecule has 14 heavy (non-hydrogen) atoms. The average molecular weight is 192 g/mol. The van der Waals surface area contributed by atoms with Crippen molar-refractivity contribution in [2.24, 2.45) is 0 Å². The standard InChI is InChI=1S/C13H20O/c1-13(2,3)12-9-5-4-7-11(12)8-6-10-14/h4-5,7,9,14H,6,8,10H2,1-3H3. The van der Waals surface area contributed by atoms with Gasteiger partial charge >= 0.3 is 0 Å². The van der Waals surface area contributed by atoms with Crippen LogP contribution in [-0.4, -0.2) is 11.7 Å². The van der Waals surface area contributed by atoms with Gasteiger partial charge in [0.1, 0.15) is 0 Å². The fourth-order valence-electron chi connectivity index (χ4n) is 1.74. The highest BCUT2D eigenvalue weighted by Crippen LogP contribution is 2.26.